The van der Waals surface area contributed by atoms with Gasteiger partial charge in [0.2, 0.25) is 17.1 Å². The average Bonchev–Trinajstić information content (AvgIpc) is 3.01. The van der Waals surface area contributed by atoms with Gasteiger partial charge in [-0.15, -0.1) is 0 Å². The molecule has 3 rings (SSSR count). The van der Waals surface area contributed by atoms with Crippen LogP contribution in [-0.4, -0.2) is 43.9 Å². The van der Waals surface area contributed by atoms with Gasteiger partial charge >= 0.3 is 0 Å². The van der Waals surface area contributed by atoms with Crippen LogP contribution in [0.15, 0.2) is 15.8 Å². The van der Waals surface area contributed by atoms with Gasteiger partial charge in [-0.05, 0) is 49.5 Å². The highest BCUT2D eigenvalue weighted by Crippen LogP contribution is 2.27. The highest BCUT2D eigenvalue weighted by atomic mass is 32.2. The SMILES string of the molecule is CCNc1nc(Sc2ncns2)nc(N2CCCCC2)n1. The van der Waals surface area contributed by atoms with E-state index in [4.69, 9.17) is 0 Å². The Labute approximate surface area is 131 Å². The molecule has 2 aromatic heterocycles. The number of aromatic nitrogens is 5. The number of nitrogens with zero attached hydrogens (tertiary/aromatic N) is 6. The van der Waals surface area contributed by atoms with Crippen LogP contribution in [0, 0.1) is 0 Å². The molecule has 3 heterocycles. The molecule has 0 atom stereocenters. The lowest BCUT2D eigenvalue weighted by Gasteiger charge is -2.26. The molecule has 0 bridgehead atoms. The van der Waals surface area contributed by atoms with Crippen molar-refractivity contribution in [1.82, 2.24) is 24.3 Å². The molecule has 0 aromatic carbocycles. The summed E-state index contributed by atoms with van der Waals surface area (Å²) in [6.45, 7) is 4.84. The van der Waals surface area contributed by atoms with Gasteiger partial charge in [-0.3, -0.25) is 0 Å². The maximum Gasteiger partial charge on any atom is 0.231 e. The van der Waals surface area contributed by atoms with Crippen LogP contribution in [0.1, 0.15) is 26.2 Å². The molecular formula is C12H17N7S2. The van der Waals surface area contributed by atoms with Crippen molar-refractivity contribution >= 4 is 35.2 Å². The molecular weight excluding hydrogens is 306 g/mol. The Balaban J connectivity index is 1.85. The molecule has 0 unspecified atom stereocenters. The monoisotopic (exact) mass is 323 g/mol. The molecule has 2 aromatic rings. The van der Waals surface area contributed by atoms with Crippen LogP contribution in [0.25, 0.3) is 0 Å². The second kappa shape index (κ2) is 6.99. The molecule has 1 aliphatic heterocycles. The topological polar surface area (TPSA) is 79.7 Å². The van der Waals surface area contributed by atoms with Crippen molar-refractivity contribution in [3.05, 3.63) is 6.33 Å². The molecule has 1 aliphatic rings. The Kier molecular flexibility index (Phi) is 4.81. The molecule has 112 valence electrons. The summed E-state index contributed by atoms with van der Waals surface area (Å²) in [6.07, 6.45) is 5.22. The minimum Gasteiger partial charge on any atom is -0.354 e. The molecule has 0 spiro atoms. The summed E-state index contributed by atoms with van der Waals surface area (Å²) >= 11 is 2.77. The van der Waals surface area contributed by atoms with Gasteiger partial charge < -0.3 is 10.2 Å². The summed E-state index contributed by atoms with van der Waals surface area (Å²) in [4.78, 5) is 19.9. The highest BCUT2D eigenvalue weighted by molar-refractivity contribution is 8.00. The zero-order chi connectivity index (χ0) is 14.5. The van der Waals surface area contributed by atoms with Crippen molar-refractivity contribution in [3.63, 3.8) is 0 Å². The van der Waals surface area contributed by atoms with E-state index in [2.05, 4.69) is 34.5 Å². The molecule has 0 aliphatic carbocycles. The van der Waals surface area contributed by atoms with E-state index in [1.54, 1.807) is 6.33 Å². The van der Waals surface area contributed by atoms with Gasteiger partial charge in [0.25, 0.3) is 0 Å². The predicted molar refractivity (Wildman–Crippen MR) is 84.1 cm³/mol. The van der Waals surface area contributed by atoms with Crippen LogP contribution < -0.4 is 10.2 Å². The third-order valence-corrected chi connectivity index (χ3v) is 4.68. The molecule has 0 amide bonds. The summed E-state index contributed by atoms with van der Waals surface area (Å²) in [7, 11) is 0. The van der Waals surface area contributed by atoms with Gasteiger partial charge in [0.05, 0.1) is 0 Å². The zero-order valence-electron chi connectivity index (χ0n) is 11.8. The smallest absolute Gasteiger partial charge is 0.231 e. The summed E-state index contributed by atoms with van der Waals surface area (Å²) < 4.78 is 4.84. The quantitative estimate of drug-likeness (QED) is 0.898. The number of rotatable bonds is 5. The van der Waals surface area contributed by atoms with E-state index in [1.807, 2.05) is 6.92 Å². The largest absolute Gasteiger partial charge is 0.354 e. The summed E-state index contributed by atoms with van der Waals surface area (Å²) in [6, 6.07) is 0. The Morgan fingerprint density at radius 3 is 2.81 bits per heavy atom. The second-order valence-electron chi connectivity index (χ2n) is 4.63. The molecule has 0 radical (unpaired) electrons. The molecule has 1 N–H and O–H groups in total. The first-order valence-corrected chi connectivity index (χ1v) is 8.63. The number of piperidine rings is 1. The summed E-state index contributed by atoms with van der Waals surface area (Å²) in [5, 5.41) is 3.84. The van der Waals surface area contributed by atoms with E-state index in [1.165, 1.54) is 42.6 Å². The lowest BCUT2D eigenvalue weighted by molar-refractivity contribution is 0.565. The normalized spacial score (nSPS) is 15.2. The number of hydrogen-bond donors (Lipinski definition) is 1. The Bertz CT molecular complexity index is 569. The van der Waals surface area contributed by atoms with Crippen molar-refractivity contribution < 1.29 is 0 Å². The average molecular weight is 323 g/mol. The third kappa shape index (κ3) is 3.79. The number of hydrogen-bond acceptors (Lipinski definition) is 9. The maximum atomic E-state index is 4.58. The van der Waals surface area contributed by atoms with E-state index in [0.717, 1.165) is 29.9 Å². The van der Waals surface area contributed by atoms with Gasteiger partial charge in [-0.2, -0.15) is 19.3 Å². The van der Waals surface area contributed by atoms with E-state index >= 15 is 0 Å². The fraction of sp³-hybridized carbons (Fsp3) is 0.583. The number of nitrogens with one attached hydrogen (secondary N) is 1. The molecule has 0 saturated carbocycles. The zero-order valence-corrected chi connectivity index (χ0v) is 13.5. The van der Waals surface area contributed by atoms with Gasteiger partial charge in [0.1, 0.15) is 6.33 Å². The van der Waals surface area contributed by atoms with Gasteiger partial charge in [0.15, 0.2) is 4.34 Å². The van der Waals surface area contributed by atoms with Gasteiger partial charge in [-0.25, -0.2) is 4.98 Å². The van der Waals surface area contributed by atoms with E-state index in [9.17, 15) is 0 Å². The van der Waals surface area contributed by atoms with Crippen LogP contribution in [0.2, 0.25) is 0 Å². The van der Waals surface area contributed by atoms with Crippen molar-refractivity contribution in [3.8, 4) is 0 Å². The van der Waals surface area contributed by atoms with E-state index in [-0.39, 0.29) is 0 Å². The fourth-order valence-corrected chi connectivity index (χ4v) is 3.45. The molecule has 1 fully saturated rings. The van der Waals surface area contributed by atoms with Gasteiger partial charge in [-0.1, -0.05) is 0 Å². The first-order chi connectivity index (χ1) is 10.3. The minimum absolute atomic E-state index is 0.625. The standard InChI is InChI=1S/C12H17N7S2/c1-2-13-9-16-10(19-6-4-3-5-7-19)18-11(17-9)20-12-14-8-15-21-12/h8H,2-7H2,1H3,(H,13,16,17,18). The van der Waals surface area contributed by atoms with Crippen LogP contribution in [0.5, 0.6) is 0 Å². The van der Waals surface area contributed by atoms with Crippen molar-refractivity contribution in [2.24, 2.45) is 0 Å². The lowest BCUT2D eigenvalue weighted by atomic mass is 10.1. The van der Waals surface area contributed by atoms with Crippen LogP contribution >= 0.6 is 23.3 Å². The molecule has 7 nitrogen and oxygen atoms in total. The van der Waals surface area contributed by atoms with E-state index in [0.29, 0.717) is 11.1 Å². The predicted octanol–water partition coefficient (Wildman–Crippen LogP) is 2.30. The van der Waals surface area contributed by atoms with Crippen molar-refractivity contribution in [1.29, 1.82) is 0 Å². The maximum absolute atomic E-state index is 4.58. The number of anilines is 2. The first-order valence-electron chi connectivity index (χ1n) is 7.04. The lowest BCUT2D eigenvalue weighted by Crippen LogP contribution is -2.31. The molecule has 1 saturated heterocycles. The van der Waals surface area contributed by atoms with Crippen LogP contribution in [0.4, 0.5) is 11.9 Å². The Hall–Kier alpha value is -1.48. The van der Waals surface area contributed by atoms with E-state index < -0.39 is 0 Å². The Morgan fingerprint density at radius 2 is 2.10 bits per heavy atom. The second-order valence-corrected chi connectivity index (χ2v) is 6.62. The summed E-state index contributed by atoms with van der Waals surface area (Å²) in [5.74, 6) is 1.38. The first kappa shape index (κ1) is 14.5. The highest BCUT2D eigenvalue weighted by Gasteiger charge is 2.17. The minimum atomic E-state index is 0.625. The molecule has 21 heavy (non-hydrogen) atoms. The summed E-state index contributed by atoms with van der Waals surface area (Å²) in [5.41, 5.74) is 0. The van der Waals surface area contributed by atoms with Gasteiger partial charge in [0, 0.05) is 19.6 Å². The van der Waals surface area contributed by atoms with Crippen LogP contribution in [0.3, 0.4) is 0 Å². The van der Waals surface area contributed by atoms with Crippen LogP contribution in [-0.2, 0) is 0 Å². The molecule has 9 heteroatoms. The Morgan fingerprint density at radius 1 is 1.24 bits per heavy atom. The fourth-order valence-electron chi connectivity index (χ4n) is 2.15. The van der Waals surface area contributed by atoms with Crippen molar-refractivity contribution in [2.45, 2.75) is 35.7 Å². The van der Waals surface area contributed by atoms with Crippen molar-refractivity contribution in [2.75, 3.05) is 29.9 Å². The third-order valence-electron chi connectivity index (χ3n) is 3.10.